The molecule has 2 atom stereocenters. The Labute approximate surface area is 94.0 Å². The SMILES string of the molecule is CCCC1CC1NCCC1(N)CCCC1. The van der Waals surface area contributed by atoms with Gasteiger partial charge in [-0.05, 0) is 44.6 Å². The molecular formula is C13H26N2. The summed E-state index contributed by atoms with van der Waals surface area (Å²) in [6.45, 7) is 3.42. The molecule has 2 heteroatoms. The Balaban J connectivity index is 1.56. The van der Waals surface area contributed by atoms with Crippen LogP contribution in [0.15, 0.2) is 0 Å². The normalized spacial score (nSPS) is 33.2. The molecule has 2 fully saturated rings. The molecule has 0 aromatic carbocycles. The molecule has 0 saturated heterocycles. The van der Waals surface area contributed by atoms with Gasteiger partial charge in [-0.25, -0.2) is 0 Å². The molecule has 0 amide bonds. The lowest BCUT2D eigenvalue weighted by molar-refractivity contribution is 0.390. The van der Waals surface area contributed by atoms with Gasteiger partial charge >= 0.3 is 0 Å². The van der Waals surface area contributed by atoms with Crippen LogP contribution >= 0.6 is 0 Å². The summed E-state index contributed by atoms with van der Waals surface area (Å²) in [5, 5.41) is 3.66. The van der Waals surface area contributed by atoms with Crippen molar-refractivity contribution in [1.82, 2.24) is 5.32 Å². The number of rotatable bonds is 6. The molecule has 0 aromatic heterocycles. The third-order valence-corrected chi connectivity index (χ3v) is 4.21. The second-order valence-corrected chi connectivity index (χ2v) is 5.66. The van der Waals surface area contributed by atoms with Crippen LogP contribution in [0.2, 0.25) is 0 Å². The summed E-state index contributed by atoms with van der Waals surface area (Å²) in [6, 6.07) is 0.829. The summed E-state index contributed by atoms with van der Waals surface area (Å²) in [5.74, 6) is 0.979. The fourth-order valence-corrected chi connectivity index (χ4v) is 3.02. The van der Waals surface area contributed by atoms with Crippen LogP contribution in [-0.2, 0) is 0 Å². The van der Waals surface area contributed by atoms with Gasteiger partial charge in [0.2, 0.25) is 0 Å². The van der Waals surface area contributed by atoms with Gasteiger partial charge in [0.15, 0.2) is 0 Å². The molecule has 2 nitrogen and oxygen atoms in total. The van der Waals surface area contributed by atoms with Crippen molar-refractivity contribution in [1.29, 1.82) is 0 Å². The van der Waals surface area contributed by atoms with Crippen LogP contribution in [0.25, 0.3) is 0 Å². The average molecular weight is 210 g/mol. The van der Waals surface area contributed by atoms with Gasteiger partial charge in [-0.15, -0.1) is 0 Å². The summed E-state index contributed by atoms with van der Waals surface area (Å²) in [6.07, 6.45) is 10.5. The van der Waals surface area contributed by atoms with Crippen molar-refractivity contribution in [3.63, 3.8) is 0 Å². The van der Waals surface area contributed by atoms with E-state index in [0.29, 0.717) is 0 Å². The van der Waals surface area contributed by atoms with Crippen LogP contribution in [0.5, 0.6) is 0 Å². The van der Waals surface area contributed by atoms with E-state index < -0.39 is 0 Å². The fraction of sp³-hybridized carbons (Fsp3) is 1.00. The summed E-state index contributed by atoms with van der Waals surface area (Å²) in [7, 11) is 0. The van der Waals surface area contributed by atoms with Gasteiger partial charge in [0.25, 0.3) is 0 Å². The van der Waals surface area contributed by atoms with Crippen molar-refractivity contribution in [2.75, 3.05) is 6.54 Å². The fourth-order valence-electron chi connectivity index (χ4n) is 3.02. The predicted octanol–water partition coefficient (Wildman–Crippen LogP) is 2.43. The van der Waals surface area contributed by atoms with E-state index in [-0.39, 0.29) is 5.54 Å². The van der Waals surface area contributed by atoms with E-state index >= 15 is 0 Å². The number of hydrogen-bond acceptors (Lipinski definition) is 2. The van der Waals surface area contributed by atoms with E-state index in [4.69, 9.17) is 5.73 Å². The quantitative estimate of drug-likeness (QED) is 0.706. The monoisotopic (exact) mass is 210 g/mol. The zero-order chi connectivity index (χ0) is 10.7. The predicted molar refractivity (Wildman–Crippen MR) is 64.8 cm³/mol. The highest BCUT2D eigenvalue weighted by molar-refractivity contribution is 4.94. The van der Waals surface area contributed by atoms with Gasteiger partial charge in [0.05, 0.1) is 0 Å². The molecule has 88 valence electrons. The second kappa shape index (κ2) is 4.84. The molecule has 2 saturated carbocycles. The highest BCUT2D eigenvalue weighted by Crippen LogP contribution is 2.35. The molecule has 0 bridgehead atoms. The Bertz CT molecular complexity index is 197. The van der Waals surface area contributed by atoms with E-state index in [1.807, 2.05) is 0 Å². The minimum atomic E-state index is 0.183. The molecule has 2 aliphatic rings. The zero-order valence-corrected chi connectivity index (χ0v) is 10.1. The van der Waals surface area contributed by atoms with Crippen LogP contribution in [0.1, 0.15) is 58.3 Å². The maximum atomic E-state index is 6.32. The highest BCUT2D eigenvalue weighted by atomic mass is 15.0. The first-order valence-corrected chi connectivity index (χ1v) is 6.76. The molecule has 3 N–H and O–H groups in total. The Morgan fingerprint density at radius 3 is 2.73 bits per heavy atom. The lowest BCUT2D eigenvalue weighted by Gasteiger charge is -2.23. The Hall–Kier alpha value is -0.0800. The van der Waals surface area contributed by atoms with Gasteiger partial charge in [-0.3, -0.25) is 0 Å². The van der Waals surface area contributed by atoms with Crippen molar-refractivity contribution in [2.45, 2.75) is 69.9 Å². The maximum absolute atomic E-state index is 6.32. The van der Waals surface area contributed by atoms with Crippen molar-refractivity contribution >= 4 is 0 Å². The third kappa shape index (κ3) is 3.18. The van der Waals surface area contributed by atoms with E-state index in [9.17, 15) is 0 Å². The smallest absolute Gasteiger partial charge is 0.0166 e. The van der Waals surface area contributed by atoms with Gasteiger partial charge < -0.3 is 11.1 Å². The van der Waals surface area contributed by atoms with Crippen LogP contribution in [-0.4, -0.2) is 18.1 Å². The van der Waals surface area contributed by atoms with Gasteiger partial charge in [0, 0.05) is 11.6 Å². The summed E-state index contributed by atoms with van der Waals surface area (Å²) < 4.78 is 0. The van der Waals surface area contributed by atoms with Crippen molar-refractivity contribution < 1.29 is 0 Å². The first-order valence-electron chi connectivity index (χ1n) is 6.76. The molecule has 0 aliphatic heterocycles. The molecular weight excluding hydrogens is 184 g/mol. The number of hydrogen-bond donors (Lipinski definition) is 2. The first kappa shape index (κ1) is 11.4. The molecule has 2 aliphatic carbocycles. The minimum Gasteiger partial charge on any atom is -0.325 e. The lowest BCUT2D eigenvalue weighted by Crippen LogP contribution is -2.39. The van der Waals surface area contributed by atoms with E-state index in [1.165, 1.54) is 51.4 Å². The van der Waals surface area contributed by atoms with Crippen LogP contribution in [0.4, 0.5) is 0 Å². The number of nitrogens with two attached hydrogens (primary N) is 1. The Morgan fingerprint density at radius 1 is 1.33 bits per heavy atom. The van der Waals surface area contributed by atoms with E-state index in [1.54, 1.807) is 0 Å². The minimum absolute atomic E-state index is 0.183. The van der Waals surface area contributed by atoms with Gasteiger partial charge in [-0.2, -0.15) is 0 Å². The van der Waals surface area contributed by atoms with Crippen LogP contribution < -0.4 is 11.1 Å². The maximum Gasteiger partial charge on any atom is 0.0166 e. The Morgan fingerprint density at radius 2 is 2.07 bits per heavy atom. The topological polar surface area (TPSA) is 38.0 Å². The largest absolute Gasteiger partial charge is 0.325 e. The standard InChI is InChI=1S/C13H26N2/c1-2-5-11-10-12(11)15-9-8-13(14)6-3-4-7-13/h11-12,15H,2-10,14H2,1H3. The molecule has 0 radical (unpaired) electrons. The first-order chi connectivity index (χ1) is 7.23. The van der Waals surface area contributed by atoms with Crippen LogP contribution in [0.3, 0.4) is 0 Å². The van der Waals surface area contributed by atoms with Gasteiger partial charge in [0.1, 0.15) is 0 Å². The molecule has 2 unspecified atom stereocenters. The third-order valence-electron chi connectivity index (χ3n) is 4.21. The molecule has 0 heterocycles. The molecule has 0 spiro atoms. The van der Waals surface area contributed by atoms with Crippen molar-refractivity contribution in [3.05, 3.63) is 0 Å². The molecule has 2 rings (SSSR count). The highest BCUT2D eigenvalue weighted by Gasteiger charge is 2.36. The number of nitrogens with one attached hydrogen (secondary N) is 1. The average Bonchev–Trinajstić information content (AvgIpc) is 2.78. The summed E-state index contributed by atoms with van der Waals surface area (Å²) in [4.78, 5) is 0. The second-order valence-electron chi connectivity index (χ2n) is 5.66. The summed E-state index contributed by atoms with van der Waals surface area (Å²) in [5.41, 5.74) is 6.50. The summed E-state index contributed by atoms with van der Waals surface area (Å²) >= 11 is 0. The van der Waals surface area contributed by atoms with Crippen molar-refractivity contribution in [3.8, 4) is 0 Å². The van der Waals surface area contributed by atoms with Crippen molar-refractivity contribution in [2.24, 2.45) is 11.7 Å². The van der Waals surface area contributed by atoms with E-state index in [0.717, 1.165) is 18.5 Å². The molecule has 15 heavy (non-hydrogen) atoms. The lowest BCUT2D eigenvalue weighted by atomic mass is 9.95. The van der Waals surface area contributed by atoms with E-state index in [2.05, 4.69) is 12.2 Å². The zero-order valence-electron chi connectivity index (χ0n) is 10.1. The van der Waals surface area contributed by atoms with Crippen LogP contribution in [0, 0.1) is 5.92 Å². The molecule has 0 aromatic rings. The van der Waals surface area contributed by atoms with Gasteiger partial charge in [-0.1, -0.05) is 26.2 Å². The Kier molecular flexibility index (Phi) is 3.68.